The van der Waals surface area contributed by atoms with E-state index in [-0.39, 0.29) is 0 Å². The molecule has 0 aromatic heterocycles. The molecule has 1 unspecified atom stereocenters. The molecule has 124 valence electrons. The summed E-state index contributed by atoms with van der Waals surface area (Å²) in [4.78, 5) is 5.26. The number of nitrogens with zero attached hydrogens (tertiary/aromatic N) is 2. The van der Waals surface area contributed by atoms with Gasteiger partial charge in [0.25, 0.3) is 0 Å². The minimum Gasteiger partial charge on any atom is -0.379 e. The van der Waals surface area contributed by atoms with Crippen LogP contribution in [0.25, 0.3) is 0 Å². The summed E-state index contributed by atoms with van der Waals surface area (Å²) in [6.45, 7) is 21.1. The number of hydrogen-bond acceptors (Lipinski definition) is 3. The Hall–Kier alpha value is -0.120. The molecular weight excluding hydrogens is 260 g/mol. The zero-order valence-electron chi connectivity index (χ0n) is 15.0. The van der Waals surface area contributed by atoms with Crippen molar-refractivity contribution in [3.63, 3.8) is 0 Å². The van der Waals surface area contributed by atoms with Crippen LogP contribution in [0.3, 0.4) is 0 Å². The van der Waals surface area contributed by atoms with Crippen LogP contribution in [0.15, 0.2) is 0 Å². The van der Waals surface area contributed by atoms with E-state index in [2.05, 4.69) is 44.4 Å². The van der Waals surface area contributed by atoms with Gasteiger partial charge in [-0.15, -0.1) is 0 Å². The van der Waals surface area contributed by atoms with Gasteiger partial charge in [0.05, 0.1) is 13.2 Å². The fourth-order valence-electron chi connectivity index (χ4n) is 4.10. The Bertz CT molecular complexity index is 316. The van der Waals surface area contributed by atoms with Crippen molar-refractivity contribution < 1.29 is 4.74 Å². The third kappa shape index (κ3) is 6.25. The average Bonchev–Trinajstić information content (AvgIpc) is 2.73. The molecule has 3 nitrogen and oxygen atoms in total. The Kier molecular flexibility index (Phi) is 5.72. The van der Waals surface area contributed by atoms with E-state index in [9.17, 15) is 0 Å². The summed E-state index contributed by atoms with van der Waals surface area (Å²) in [5.74, 6) is 0.892. The first kappa shape index (κ1) is 17.2. The second-order valence-corrected chi connectivity index (χ2v) is 9.21. The van der Waals surface area contributed by atoms with Crippen LogP contribution in [0.2, 0.25) is 0 Å². The van der Waals surface area contributed by atoms with Crippen molar-refractivity contribution in [2.45, 2.75) is 47.5 Å². The van der Waals surface area contributed by atoms with Gasteiger partial charge in [-0.1, -0.05) is 34.6 Å². The summed E-state index contributed by atoms with van der Waals surface area (Å²) in [5.41, 5.74) is 0.859. The first-order valence-corrected chi connectivity index (χ1v) is 8.76. The highest BCUT2D eigenvalue weighted by atomic mass is 16.5. The summed E-state index contributed by atoms with van der Waals surface area (Å²) >= 11 is 0. The van der Waals surface area contributed by atoms with Gasteiger partial charge in [-0.25, -0.2) is 0 Å². The molecule has 0 N–H and O–H groups in total. The molecule has 1 atom stereocenters. The predicted octanol–water partition coefficient (Wildman–Crippen LogP) is 3.10. The van der Waals surface area contributed by atoms with Crippen LogP contribution in [0.4, 0.5) is 0 Å². The molecule has 0 radical (unpaired) electrons. The van der Waals surface area contributed by atoms with Gasteiger partial charge in [0.2, 0.25) is 0 Å². The van der Waals surface area contributed by atoms with E-state index in [0.717, 1.165) is 32.2 Å². The summed E-state index contributed by atoms with van der Waals surface area (Å²) in [6.07, 6.45) is 2.76. The van der Waals surface area contributed by atoms with Gasteiger partial charge in [0.1, 0.15) is 0 Å². The Labute approximate surface area is 132 Å². The molecule has 2 heterocycles. The molecular formula is C18H36N2O. The third-order valence-electron chi connectivity index (χ3n) is 4.66. The quantitative estimate of drug-likeness (QED) is 0.775. The van der Waals surface area contributed by atoms with Crippen LogP contribution in [0.5, 0.6) is 0 Å². The van der Waals surface area contributed by atoms with Gasteiger partial charge >= 0.3 is 0 Å². The first-order chi connectivity index (χ1) is 9.73. The monoisotopic (exact) mass is 296 g/mol. The van der Waals surface area contributed by atoms with Crippen molar-refractivity contribution in [2.75, 3.05) is 52.5 Å². The second kappa shape index (κ2) is 6.97. The Balaban J connectivity index is 1.75. The van der Waals surface area contributed by atoms with Crippen molar-refractivity contribution in [3.8, 4) is 0 Å². The maximum atomic E-state index is 5.46. The van der Waals surface area contributed by atoms with Crippen LogP contribution in [-0.2, 0) is 4.74 Å². The molecule has 3 heteroatoms. The summed E-state index contributed by atoms with van der Waals surface area (Å²) in [7, 11) is 0. The Morgan fingerprint density at radius 1 is 0.905 bits per heavy atom. The Morgan fingerprint density at radius 2 is 1.57 bits per heavy atom. The van der Waals surface area contributed by atoms with Crippen molar-refractivity contribution >= 4 is 0 Å². The SMILES string of the molecule is CC(C)(C)CN1CCC(CC(C)(C)CN2CCOCC2)C1. The van der Waals surface area contributed by atoms with E-state index >= 15 is 0 Å². The van der Waals surface area contributed by atoms with Gasteiger partial charge in [-0.2, -0.15) is 0 Å². The molecule has 2 aliphatic heterocycles. The standard InChI is InChI=1S/C18H36N2O/c1-17(2,3)14-20-7-6-16(13-20)12-18(4,5)15-19-8-10-21-11-9-19/h16H,6-15H2,1-5H3. The minimum atomic E-state index is 0.429. The van der Waals surface area contributed by atoms with E-state index in [1.165, 1.54) is 39.0 Å². The van der Waals surface area contributed by atoms with E-state index < -0.39 is 0 Å². The zero-order chi connectivity index (χ0) is 15.5. The normalized spacial score (nSPS) is 26.4. The number of morpholine rings is 1. The molecule has 0 spiro atoms. The van der Waals surface area contributed by atoms with Crippen LogP contribution in [-0.4, -0.2) is 62.3 Å². The van der Waals surface area contributed by atoms with Crippen molar-refractivity contribution in [1.29, 1.82) is 0 Å². The van der Waals surface area contributed by atoms with Gasteiger partial charge in [-0.3, -0.25) is 4.90 Å². The smallest absolute Gasteiger partial charge is 0.0594 e. The van der Waals surface area contributed by atoms with Gasteiger partial charge in [0, 0.05) is 32.7 Å². The average molecular weight is 296 g/mol. The van der Waals surface area contributed by atoms with E-state index in [1.807, 2.05) is 0 Å². The van der Waals surface area contributed by atoms with Crippen molar-refractivity contribution in [2.24, 2.45) is 16.7 Å². The molecule has 2 aliphatic rings. The summed E-state index contributed by atoms with van der Waals surface area (Å²) < 4.78 is 5.46. The predicted molar refractivity (Wildman–Crippen MR) is 89.7 cm³/mol. The lowest BCUT2D eigenvalue weighted by Crippen LogP contribution is -2.42. The van der Waals surface area contributed by atoms with Crippen molar-refractivity contribution in [3.05, 3.63) is 0 Å². The van der Waals surface area contributed by atoms with Gasteiger partial charge in [0.15, 0.2) is 0 Å². The molecule has 21 heavy (non-hydrogen) atoms. The van der Waals surface area contributed by atoms with E-state index in [0.29, 0.717) is 10.8 Å². The highest BCUT2D eigenvalue weighted by molar-refractivity contribution is 4.85. The lowest BCUT2D eigenvalue weighted by molar-refractivity contribution is 0.0176. The van der Waals surface area contributed by atoms with E-state index in [4.69, 9.17) is 4.74 Å². The van der Waals surface area contributed by atoms with Crippen LogP contribution < -0.4 is 0 Å². The fourth-order valence-corrected chi connectivity index (χ4v) is 4.10. The maximum Gasteiger partial charge on any atom is 0.0594 e. The van der Waals surface area contributed by atoms with Crippen LogP contribution in [0.1, 0.15) is 47.5 Å². The molecule has 0 saturated carbocycles. The molecule has 2 saturated heterocycles. The molecule has 2 rings (SSSR count). The highest BCUT2D eigenvalue weighted by Gasteiger charge is 2.31. The van der Waals surface area contributed by atoms with Gasteiger partial charge < -0.3 is 9.64 Å². The molecule has 0 amide bonds. The lowest BCUT2D eigenvalue weighted by Gasteiger charge is -2.36. The zero-order valence-corrected chi connectivity index (χ0v) is 15.0. The highest BCUT2D eigenvalue weighted by Crippen LogP contribution is 2.33. The summed E-state index contributed by atoms with van der Waals surface area (Å²) in [6, 6.07) is 0. The van der Waals surface area contributed by atoms with Crippen LogP contribution in [0, 0.1) is 16.7 Å². The molecule has 0 aliphatic carbocycles. The number of hydrogen-bond donors (Lipinski definition) is 0. The first-order valence-electron chi connectivity index (χ1n) is 8.76. The van der Waals surface area contributed by atoms with Crippen molar-refractivity contribution in [1.82, 2.24) is 9.80 Å². The number of likely N-dealkylation sites (tertiary alicyclic amines) is 1. The van der Waals surface area contributed by atoms with Crippen LogP contribution >= 0.6 is 0 Å². The molecule has 2 fully saturated rings. The largest absolute Gasteiger partial charge is 0.379 e. The molecule has 0 bridgehead atoms. The Morgan fingerprint density at radius 3 is 2.19 bits per heavy atom. The topological polar surface area (TPSA) is 15.7 Å². The molecule has 0 aromatic carbocycles. The fraction of sp³-hybridized carbons (Fsp3) is 1.00. The second-order valence-electron chi connectivity index (χ2n) is 9.21. The summed E-state index contributed by atoms with van der Waals surface area (Å²) in [5, 5.41) is 0. The number of ether oxygens (including phenoxy) is 1. The number of rotatable bonds is 5. The molecule has 0 aromatic rings. The lowest BCUT2D eigenvalue weighted by atomic mass is 9.81. The van der Waals surface area contributed by atoms with E-state index in [1.54, 1.807) is 0 Å². The minimum absolute atomic E-state index is 0.429. The third-order valence-corrected chi connectivity index (χ3v) is 4.66. The van der Waals surface area contributed by atoms with Gasteiger partial charge in [-0.05, 0) is 36.1 Å². The maximum absolute atomic E-state index is 5.46.